The predicted octanol–water partition coefficient (Wildman–Crippen LogP) is 4.00. The normalized spacial score (nSPS) is 10.5. The summed E-state index contributed by atoms with van der Waals surface area (Å²) in [5.74, 6) is -1.42. The summed E-state index contributed by atoms with van der Waals surface area (Å²) in [4.78, 5) is 37.2. The molecule has 0 spiro atoms. The van der Waals surface area contributed by atoms with E-state index in [2.05, 4.69) is 10.6 Å². The van der Waals surface area contributed by atoms with Gasteiger partial charge in [-0.2, -0.15) is 0 Å². The molecule has 0 radical (unpaired) electrons. The maximum Gasteiger partial charge on any atom is 0.341 e. The van der Waals surface area contributed by atoms with Crippen molar-refractivity contribution >= 4 is 39.8 Å². The first-order valence-electron chi connectivity index (χ1n) is 8.15. The number of hydrogen-bond donors (Lipinski definition) is 2. The molecule has 1 aromatic heterocycles. The van der Waals surface area contributed by atoms with Gasteiger partial charge in [0.15, 0.2) is 0 Å². The topological polar surface area (TPSA) is 84.5 Å². The van der Waals surface area contributed by atoms with E-state index in [0.717, 1.165) is 16.9 Å². The van der Waals surface area contributed by atoms with Gasteiger partial charge in [-0.15, -0.1) is 11.3 Å². The minimum absolute atomic E-state index is 0.209. The van der Waals surface area contributed by atoms with Crippen LogP contribution < -0.4 is 10.6 Å². The van der Waals surface area contributed by atoms with E-state index in [1.165, 1.54) is 7.11 Å². The van der Waals surface area contributed by atoms with Crippen LogP contribution in [0.2, 0.25) is 0 Å². The molecule has 2 rings (SSSR count). The van der Waals surface area contributed by atoms with Crippen LogP contribution in [0.1, 0.15) is 45.0 Å². The lowest BCUT2D eigenvalue weighted by molar-refractivity contribution is -0.118. The smallest absolute Gasteiger partial charge is 0.341 e. The molecule has 2 amide bonds. The number of methoxy groups -OCH3 is 1. The third-order valence-corrected chi connectivity index (χ3v) is 5.02. The maximum absolute atomic E-state index is 12.7. The molecule has 0 bridgehead atoms. The quantitative estimate of drug-likeness (QED) is 0.775. The molecule has 26 heavy (non-hydrogen) atoms. The van der Waals surface area contributed by atoms with Crippen molar-refractivity contribution < 1.29 is 19.1 Å². The highest BCUT2D eigenvalue weighted by Crippen LogP contribution is 2.34. The van der Waals surface area contributed by atoms with Crippen LogP contribution in [0.4, 0.5) is 10.7 Å². The monoisotopic (exact) mass is 374 g/mol. The fraction of sp³-hybridized carbons (Fsp3) is 0.316. The summed E-state index contributed by atoms with van der Waals surface area (Å²) in [6, 6.07) is 7.40. The molecule has 0 aliphatic rings. The Morgan fingerprint density at radius 3 is 2.19 bits per heavy atom. The number of esters is 1. The van der Waals surface area contributed by atoms with Gasteiger partial charge in [-0.3, -0.25) is 9.59 Å². The predicted molar refractivity (Wildman–Crippen MR) is 103 cm³/mol. The molecule has 2 aromatic rings. The van der Waals surface area contributed by atoms with E-state index >= 15 is 0 Å². The average Bonchev–Trinajstić information content (AvgIpc) is 2.92. The molecule has 0 fully saturated rings. The zero-order valence-electron chi connectivity index (χ0n) is 15.4. The summed E-state index contributed by atoms with van der Waals surface area (Å²) in [5.41, 5.74) is 2.42. The number of anilines is 2. The summed E-state index contributed by atoms with van der Waals surface area (Å²) in [6.07, 6.45) is 0. The van der Waals surface area contributed by atoms with E-state index in [-0.39, 0.29) is 23.3 Å². The molecule has 1 aromatic carbocycles. The summed E-state index contributed by atoms with van der Waals surface area (Å²) in [7, 11) is 1.26. The summed E-state index contributed by atoms with van der Waals surface area (Å²) in [6.45, 7) is 7.12. The SMILES string of the molecule is COC(=O)c1c(NC(=O)C(C)C)sc(C(=O)Nc2ccc(C)cc2)c1C. The molecule has 0 aliphatic carbocycles. The van der Waals surface area contributed by atoms with Crippen LogP contribution in [-0.2, 0) is 9.53 Å². The van der Waals surface area contributed by atoms with Crippen molar-refractivity contribution in [2.75, 3.05) is 17.7 Å². The molecule has 0 unspecified atom stereocenters. The Kier molecular flexibility index (Phi) is 6.15. The number of ether oxygens (including phenoxy) is 1. The third-order valence-electron chi connectivity index (χ3n) is 3.81. The van der Waals surface area contributed by atoms with Crippen LogP contribution in [0.15, 0.2) is 24.3 Å². The molecule has 1 heterocycles. The van der Waals surface area contributed by atoms with Crippen LogP contribution in [0.25, 0.3) is 0 Å². The molecular weight excluding hydrogens is 352 g/mol. The first-order valence-corrected chi connectivity index (χ1v) is 8.96. The number of aryl methyl sites for hydroxylation is 1. The zero-order chi connectivity index (χ0) is 19.4. The number of carbonyl (C=O) groups excluding carboxylic acids is 3. The van der Waals surface area contributed by atoms with Crippen molar-refractivity contribution in [1.82, 2.24) is 0 Å². The van der Waals surface area contributed by atoms with Crippen LogP contribution >= 0.6 is 11.3 Å². The standard InChI is InChI=1S/C19H22N2O4S/c1-10(2)16(22)21-18-14(19(24)25-5)12(4)15(26-18)17(23)20-13-8-6-11(3)7-9-13/h6-10H,1-5H3,(H,20,23)(H,21,22). The first kappa shape index (κ1) is 19.7. The average molecular weight is 374 g/mol. The Morgan fingerprint density at radius 2 is 1.65 bits per heavy atom. The molecule has 2 N–H and O–H groups in total. The minimum Gasteiger partial charge on any atom is -0.465 e. The first-order chi connectivity index (χ1) is 12.2. The van der Waals surface area contributed by atoms with Gasteiger partial charge in [0, 0.05) is 11.6 Å². The van der Waals surface area contributed by atoms with Gasteiger partial charge < -0.3 is 15.4 Å². The lowest BCUT2D eigenvalue weighted by Crippen LogP contribution is -2.19. The van der Waals surface area contributed by atoms with Crippen LogP contribution in [0.5, 0.6) is 0 Å². The second-order valence-electron chi connectivity index (χ2n) is 6.22. The number of benzene rings is 1. The fourth-order valence-electron chi connectivity index (χ4n) is 2.25. The highest BCUT2D eigenvalue weighted by Gasteiger charge is 2.26. The Bertz CT molecular complexity index is 838. The van der Waals surface area contributed by atoms with Crippen molar-refractivity contribution in [2.24, 2.45) is 5.92 Å². The van der Waals surface area contributed by atoms with Gasteiger partial charge in [0.25, 0.3) is 5.91 Å². The summed E-state index contributed by atoms with van der Waals surface area (Å²) in [5, 5.41) is 5.84. The van der Waals surface area contributed by atoms with Gasteiger partial charge >= 0.3 is 5.97 Å². The molecular formula is C19H22N2O4S. The van der Waals surface area contributed by atoms with Crippen molar-refractivity contribution in [3.63, 3.8) is 0 Å². The zero-order valence-corrected chi connectivity index (χ0v) is 16.2. The second-order valence-corrected chi connectivity index (χ2v) is 7.24. The molecule has 6 nitrogen and oxygen atoms in total. The number of rotatable bonds is 5. The lowest BCUT2D eigenvalue weighted by Gasteiger charge is -2.07. The highest BCUT2D eigenvalue weighted by atomic mass is 32.1. The summed E-state index contributed by atoms with van der Waals surface area (Å²) >= 11 is 1.06. The van der Waals surface area contributed by atoms with Gasteiger partial charge in [-0.05, 0) is 31.5 Å². The Labute approximate surface area is 156 Å². The van der Waals surface area contributed by atoms with E-state index in [9.17, 15) is 14.4 Å². The van der Waals surface area contributed by atoms with Crippen molar-refractivity contribution in [1.29, 1.82) is 0 Å². The number of hydrogen-bond acceptors (Lipinski definition) is 5. The van der Waals surface area contributed by atoms with E-state index in [1.807, 2.05) is 19.1 Å². The van der Waals surface area contributed by atoms with Crippen molar-refractivity contribution in [2.45, 2.75) is 27.7 Å². The Morgan fingerprint density at radius 1 is 1.04 bits per heavy atom. The van der Waals surface area contributed by atoms with Crippen LogP contribution in [-0.4, -0.2) is 24.9 Å². The van der Waals surface area contributed by atoms with Gasteiger partial charge in [0.2, 0.25) is 5.91 Å². The largest absolute Gasteiger partial charge is 0.465 e. The van der Waals surface area contributed by atoms with Gasteiger partial charge in [0.05, 0.1) is 17.6 Å². The van der Waals surface area contributed by atoms with Gasteiger partial charge in [-0.25, -0.2) is 4.79 Å². The van der Waals surface area contributed by atoms with Crippen molar-refractivity contribution in [3.05, 3.63) is 45.8 Å². The third kappa shape index (κ3) is 4.29. The fourth-order valence-corrected chi connectivity index (χ4v) is 3.34. The number of thiophene rings is 1. The summed E-state index contributed by atoms with van der Waals surface area (Å²) < 4.78 is 4.81. The number of carbonyl (C=O) groups is 3. The van der Waals surface area contributed by atoms with E-state index < -0.39 is 5.97 Å². The number of nitrogens with one attached hydrogen (secondary N) is 2. The molecule has 7 heteroatoms. The maximum atomic E-state index is 12.7. The minimum atomic E-state index is -0.591. The van der Waals surface area contributed by atoms with Gasteiger partial charge in [0.1, 0.15) is 5.00 Å². The van der Waals surface area contributed by atoms with Crippen LogP contribution in [0.3, 0.4) is 0 Å². The Balaban J connectivity index is 2.37. The number of amides is 2. The van der Waals surface area contributed by atoms with Crippen LogP contribution in [0, 0.1) is 19.8 Å². The lowest BCUT2D eigenvalue weighted by atomic mass is 10.1. The van der Waals surface area contributed by atoms with E-state index in [0.29, 0.717) is 21.1 Å². The molecule has 0 atom stereocenters. The van der Waals surface area contributed by atoms with E-state index in [1.54, 1.807) is 32.9 Å². The van der Waals surface area contributed by atoms with Crippen molar-refractivity contribution in [3.8, 4) is 0 Å². The Hall–Kier alpha value is -2.67. The molecule has 138 valence electrons. The van der Waals surface area contributed by atoms with Gasteiger partial charge in [-0.1, -0.05) is 31.5 Å². The molecule has 0 aliphatic heterocycles. The molecule has 0 saturated heterocycles. The van der Waals surface area contributed by atoms with E-state index in [4.69, 9.17) is 4.74 Å². The highest BCUT2D eigenvalue weighted by molar-refractivity contribution is 7.18. The molecule has 0 saturated carbocycles. The second kappa shape index (κ2) is 8.14.